The Morgan fingerprint density at radius 3 is 2.73 bits per heavy atom. The van der Waals surface area contributed by atoms with Crippen LogP contribution < -0.4 is 10.6 Å². The van der Waals surface area contributed by atoms with Crippen molar-refractivity contribution in [3.05, 3.63) is 47.7 Å². The molecule has 3 aromatic rings. The molecule has 0 atom stereocenters. The van der Waals surface area contributed by atoms with Crippen molar-refractivity contribution in [1.29, 1.82) is 0 Å². The topological polar surface area (TPSA) is 57.5 Å². The van der Waals surface area contributed by atoms with E-state index in [1.807, 2.05) is 31.2 Å². The Morgan fingerprint density at radius 2 is 1.92 bits per heavy atom. The number of hydrogen-bond donors (Lipinski definition) is 2. The molecular formula is C20H24ClN3O2. The monoisotopic (exact) mass is 373 g/mol. The fourth-order valence-electron chi connectivity index (χ4n) is 3.51. The molecule has 2 N–H and O–H groups in total. The minimum atomic E-state index is -0.132. The van der Waals surface area contributed by atoms with E-state index in [-0.39, 0.29) is 18.3 Å². The molecule has 1 aliphatic rings. The van der Waals surface area contributed by atoms with Crippen LogP contribution >= 0.6 is 12.4 Å². The molecule has 5 nitrogen and oxygen atoms in total. The Hall–Kier alpha value is -2.08. The Morgan fingerprint density at radius 1 is 1.15 bits per heavy atom. The number of piperazine rings is 1. The van der Waals surface area contributed by atoms with E-state index in [4.69, 9.17) is 4.42 Å². The molecule has 0 unspecified atom stereocenters. The van der Waals surface area contributed by atoms with Gasteiger partial charge in [0.1, 0.15) is 5.58 Å². The second-order valence-electron chi connectivity index (χ2n) is 6.57. The first-order valence-electron chi connectivity index (χ1n) is 8.86. The zero-order valence-electron chi connectivity index (χ0n) is 14.9. The van der Waals surface area contributed by atoms with Crippen LogP contribution in [0.25, 0.3) is 21.7 Å². The van der Waals surface area contributed by atoms with Gasteiger partial charge in [0, 0.05) is 55.6 Å². The van der Waals surface area contributed by atoms with Gasteiger partial charge in [-0.3, -0.25) is 9.69 Å². The molecule has 26 heavy (non-hydrogen) atoms. The van der Waals surface area contributed by atoms with Crippen LogP contribution in [-0.2, 0) is 0 Å². The third-order valence-electron chi connectivity index (χ3n) is 4.96. The van der Waals surface area contributed by atoms with Crippen molar-refractivity contribution in [3.8, 4) is 0 Å². The molecular weight excluding hydrogens is 350 g/mol. The fraction of sp³-hybridized carbons (Fsp3) is 0.350. The van der Waals surface area contributed by atoms with Crippen molar-refractivity contribution in [2.75, 3.05) is 39.3 Å². The Bertz CT molecular complexity index is 916. The first-order chi connectivity index (χ1) is 12.2. The lowest BCUT2D eigenvalue weighted by Gasteiger charge is -2.26. The highest BCUT2D eigenvalue weighted by Gasteiger charge is 2.19. The number of nitrogens with zero attached hydrogens (tertiary/aromatic N) is 1. The van der Waals surface area contributed by atoms with E-state index in [1.165, 1.54) is 0 Å². The summed E-state index contributed by atoms with van der Waals surface area (Å²) in [6, 6.07) is 12.2. The van der Waals surface area contributed by atoms with Crippen LogP contribution in [0.1, 0.15) is 16.1 Å². The molecule has 2 heterocycles. The van der Waals surface area contributed by atoms with E-state index in [2.05, 4.69) is 27.7 Å². The summed E-state index contributed by atoms with van der Waals surface area (Å²) < 4.78 is 5.98. The Labute approximate surface area is 159 Å². The number of amides is 1. The molecule has 1 saturated heterocycles. The highest BCUT2D eigenvalue weighted by molar-refractivity contribution is 6.08. The maximum atomic E-state index is 12.6. The largest absolute Gasteiger partial charge is 0.450 e. The number of carbonyl (C=O) groups excluding carboxylic acids is 1. The SMILES string of the molecule is Cc1c(C(=O)NCCN2CCNCC2)oc2c1ccc1ccccc12.Cl. The lowest BCUT2D eigenvalue weighted by molar-refractivity contribution is 0.0921. The van der Waals surface area contributed by atoms with Gasteiger partial charge in [-0.15, -0.1) is 12.4 Å². The van der Waals surface area contributed by atoms with Crippen LogP contribution in [0.2, 0.25) is 0 Å². The predicted octanol–water partition coefficient (Wildman–Crippen LogP) is 2.95. The molecule has 0 saturated carbocycles. The maximum Gasteiger partial charge on any atom is 0.287 e. The van der Waals surface area contributed by atoms with Crippen molar-refractivity contribution < 1.29 is 9.21 Å². The summed E-state index contributed by atoms with van der Waals surface area (Å²) in [4.78, 5) is 14.9. The molecule has 0 radical (unpaired) electrons. The normalized spacial score (nSPS) is 15.1. The van der Waals surface area contributed by atoms with Crippen LogP contribution in [0.15, 0.2) is 40.8 Å². The molecule has 1 amide bonds. The van der Waals surface area contributed by atoms with Gasteiger partial charge in [-0.25, -0.2) is 0 Å². The minimum Gasteiger partial charge on any atom is -0.450 e. The first kappa shape index (κ1) is 18.7. The number of benzene rings is 2. The highest BCUT2D eigenvalue weighted by Crippen LogP contribution is 2.31. The zero-order chi connectivity index (χ0) is 17.2. The lowest BCUT2D eigenvalue weighted by Crippen LogP contribution is -2.46. The summed E-state index contributed by atoms with van der Waals surface area (Å²) >= 11 is 0. The number of halogens is 1. The molecule has 2 aromatic carbocycles. The van der Waals surface area contributed by atoms with Gasteiger partial charge in [0.2, 0.25) is 0 Å². The van der Waals surface area contributed by atoms with E-state index >= 15 is 0 Å². The average Bonchev–Trinajstić information content (AvgIpc) is 3.00. The zero-order valence-corrected chi connectivity index (χ0v) is 15.7. The second kappa shape index (κ2) is 8.08. The fourth-order valence-corrected chi connectivity index (χ4v) is 3.51. The summed E-state index contributed by atoms with van der Waals surface area (Å²) in [5, 5.41) is 9.50. The summed E-state index contributed by atoms with van der Waals surface area (Å²) in [5.74, 6) is 0.291. The van der Waals surface area contributed by atoms with Crippen molar-refractivity contribution >= 4 is 40.1 Å². The van der Waals surface area contributed by atoms with Crippen molar-refractivity contribution in [1.82, 2.24) is 15.5 Å². The number of rotatable bonds is 4. The smallest absolute Gasteiger partial charge is 0.287 e. The van der Waals surface area contributed by atoms with Gasteiger partial charge < -0.3 is 15.1 Å². The molecule has 1 aromatic heterocycles. The third-order valence-corrected chi connectivity index (χ3v) is 4.96. The molecule has 0 aliphatic carbocycles. The van der Waals surface area contributed by atoms with Gasteiger partial charge in [0.15, 0.2) is 5.76 Å². The number of fused-ring (bicyclic) bond motifs is 3. The molecule has 138 valence electrons. The van der Waals surface area contributed by atoms with E-state index in [0.717, 1.165) is 60.0 Å². The third kappa shape index (κ3) is 3.56. The molecule has 0 spiro atoms. The van der Waals surface area contributed by atoms with Crippen LogP contribution in [0, 0.1) is 6.92 Å². The number of aryl methyl sites for hydroxylation is 1. The van der Waals surface area contributed by atoms with Crippen molar-refractivity contribution in [2.24, 2.45) is 0 Å². The standard InChI is InChI=1S/C20H23N3O2.ClH/c1-14-16-7-6-15-4-2-3-5-17(15)19(16)25-18(14)20(24)22-10-13-23-11-8-21-9-12-23;/h2-7,21H,8-13H2,1H3,(H,22,24);1H. The quantitative estimate of drug-likeness (QED) is 0.738. The second-order valence-corrected chi connectivity index (χ2v) is 6.57. The highest BCUT2D eigenvalue weighted by atomic mass is 35.5. The number of furan rings is 1. The van der Waals surface area contributed by atoms with Gasteiger partial charge in [-0.05, 0) is 12.3 Å². The van der Waals surface area contributed by atoms with Crippen LogP contribution in [0.4, 0.5) is 0 Å². The average molecular weight is 374 g/mol. The molecule has 1 fully saturated rings. The molecule has 1 aliphatic heterocycles. The van der Waals surface area contributed by atoms with Crippen LogP contribution in [0.3, 0.4) is 0 Å². The van der Waals surface area contributed by atoms with Gasteiger partial charge >= 0.3 is 0 Å². The summed E-state index contributed by atoms with van der Waals surface area (Å²) in [6.07, 6.45) is 0. The minimum absolute atomic E-state index is 0. The van der Waals surface area contributed by atoms with Gasteiger partial charge in [0.25, 0.3) is 5.91 Å². The van der Waals surface area contributed by atoms with Crippen LogP contribution in [0.5, 0.6) is 0 Å². The summed E-state index contributed by atoms with van der Waals surface area (Å²) in [6.45, 7) is 7.56. The first-order valence-corrected chi connectivity index (χ1v) is 8.86. The van der Waals surface area contributed by atoms with Gasteiger partial charge in [-0.2, -0.15) is 0 Å². The summed E-state index contributed by atoms with van der Waals surface area (Å²) in [5.41, 5.74) is 1.70. The van der Waals surface area contributed by atoms with E-state index in [9.17, 15) is 4.79 Å². The molecule has 4 rings (SSSR count). The van der Waals surface area contributed by atoms with Crippen molar-refractivity contribution in [2.45, 2.75) is 6.92 Å². The van der Waals surface area contributed by atoms with E-state index < -0.39 is 0 Å². The maximum absolute atomic E-state index is 12.6. The number of nitrogens with one attached hydrogen (secondary N) is 2. The van der Waals surface area contributed by atoms with E-state index in [0.29, 0.717) is 12.3 Å². The van der Waals surface area contributed by atoms with Crippen LogP contribution in [-0.4, -0.2) is 50.1 Å². The molecule has 6 heteroatoms. The Kier molecular flexibility index (Phi) is 5.81. The van der Waals surface area contributed by atoms with E-state index in [1.54, 1.807) is 0 Å². The number of hydrogen-bond acceptors (Lipinski definition) is 4. The Balaban J connectivity index is 0.00000196. The summed E-state index contributed by atoms with van der Waals surface area (Å²) in [7, 11) is 0. The predicted molar refractivity (Wildman–Crippen MR) is 107 cm³/mol. The van der Waals surface area contributed by atoms with Gasteiger partial charge in [0.05, 0.1) is 0 Å². The molecule has 0 bridgehead atoms. The van der Waals surface area contributed by atoms with Gasteiger partial charge in [-0.1, -0.05) is 36.4 Å². The van der Waals surface area contributed by atoms with Crippen molar-refractivity contribution in [3.63, 3.8) is 0 Å². The number of carbonyl (C=O) groups is 1. The lowest BCUT2D eigenvalue weighted by atomic mass is 10.1.